The van der Waals surface area contributed by atoms with E-state index in [1.165, 1.54) is 0 Å². The lowest BCUT2D eigenvalue weighted by molar-refractivity contribution is 0.341. The van der Waals surface area contributed by atoms with Gasteiger partial charge in [0.1, 0.15) is 11.5 Å². The van der Waals surface area contributed by atoms with Crippen LogP contribution in [-0.2, 0) is 6.54 Å². The molecule has 0 amide bonds. The van der Waals surface area contributed by atoms with Crippen molar-refractivity contribution < 1.29 is 9.15 Å². The standard InChI is InChI=1S/C25H23NO2/c1-2-27-25-14-21(12-13-23(25)20-6-4-3-5-7-20)24-15-22(17-28-24)19-10-8-18(16-26)9-11-19/h3-15,17H,2,16,26H2,1H3. The van der Waals surface area contributed by atoms with Crippen molar-refractivity contribution in [3.63, 3.8) is 0 Å². The Balaban J connectivity index is 1.67. The van der Waals surface area contributed by atoms with E-state index in [4.69, 9.17) is 14.9 Å². The van der Waals surface area contributed by atoms with Gasteiger partial charge < -0.3 is 14.9 Å². The Morgan fingerprint density at radius 2 is 1.54 bits per heavy atom. The lowest BCUT2D eigenvalue weighted by Gasteiger charge is -2.12. The fourth-order valence-electron chi connectivity index (χ4n) is 3.28. The molecule has 0 aliphatic rings. The van der Waals surface area contributed by atoms with Gasteiger partial charge in [0, 0.05) is 23.2 Å². The molecular formula is C25H23NO2. The van der Waals surface area contributed by atoms with Gasteiger partial charge >= 0.3 is 0 Å². The summed E-state index contributed by atoms with van der Waals surface area (Å²) >= 11 is 0. The first-order valence-electron chi connectivity index (χ1n) is 9.49. The molecule has 2 N–H and O–H groups in total. The summed E-state index contributed by atoms with van der Waals surface area (Å²) in [5.74, 6) is 1.68. The van der Waals surface area contributed by atoms with E-state index in [1.54, 1.807) is 6.26 Å². The molecule has 0 atom stereocenters. The van der Waals surface area contributed by atoms with E-state index in [-0.39, 0.29) is 0 Å². The Hall–Kier alpha value is -3.30. The normalized spacial score (nSPS) is 10.8. The van der Waals surface area contributed by atoms with Crippen LogP contribution < -0.4 is 10.5 Å². The van der Waals surface area contributed by atoms with Crippen molar-refractivity contribution in [1.29, 1.82) is 0 Å². The first kappa shape index (κ1) is 18.1. The average molecular weight is 369 g/mol. The van der Waals surface area contributed by atoms with Crippen LogP contribution in [-0.4, -0.2) is 6.61 Å². The quantitative estimate of drug-likeness (QED) is 0.444. The summed E-state index contributed by atoms with van der Waals surface area (Å²) in [5.41, 5.74) is 12.2. The summed E-state index contributed by atoms with van der Waals surface area (Å²) in [4.78, 5) is 0. The van der Waals surface area contributed by atoms with Crippen molar-refractivity contribution in [3.8, 4) is 39.3 Å². The molecule has 1 aromatic heterocycles. The van der Waals surface area contributed by atoms with Gasteiger partial charge in [0.05, 0.1) is 12.9 Å². The molecule has 0 spiro atoms. The Morgan fingerprint density at radius 3 is 2.25 bits per heavy atom. The largest absolute Gasteiger partial charge is 0.493 e. The van der Waals surface area contributed by atoms with Crippen LogP contribution in [0.5, 0.6) is 5.75 Å². The molecule has 0 aliphatic carbocycles. The van der Waals surface area contributed by atoms with Gasteiger partial charge in [-0.3, -0.25) is 0 Å². The molecule has 3 nitrogen and oxygen atoms in total. The second-order valence-electron chi connectivity index (χ2n) is 6.61. The Kier molecular flexibility index (Phi) is 5.27. The molecule has 0 saturated heterocycles. The van der Waals surface area contributed by atoms with E-state index in [0.717, 1.165) is 44.9 Å². The van der Waals surface area contributed by atoms with Crippen molar-refractivity contribution in [2.24, 2.45) is 5.73 Å². The van der Waals surface area contributed by atoms with Crippen LogP contribution in [0.3, 0.4) is 0 Å². The lowest BCUT2D eigenvalue weighted by Crippen LogP contribution is -1.95. The predicted molar refractivity (Wildman–Crippen MR) is 114 cm³/mol. The van der Waals surface area contributed by atoms with E-state index in [9.17, 15) is 0 Å². The van der Waals surface area contributed by atoms with Crippen LogP contribution in [0, 0.1) is 0 Å². The highest BCUT2D eigenvalue weighted by molar-refractivity contribution is 5.76. The number of nitrogens with two attached hydrogens (primary N) is 1. The summed E-state index contributed by atoms with van der Waals surface area (Å²) in [6.07, 6.45) is 1.79. The first-order valence-corrected chi connectivity index (χ1v) is 9.49. The molecule has 3 heteroatoms. The minimum atomic E-state index is 0.547. The van der Waals surface area contributed by atoms with Gasteiger partial charge in [0.2, 0.25) is 0 Å². The van der Waals surface area contributed by atoms with E-state index in [0.29, 0.717) is 13.2 Å². The summed E-state index contributed by atoms with van der Waals surface area (Å²) in [6, 6.07) is 26.8. The SMILES string of the molecule is CCOc1cc(-c2cc(-c3ccc(CN)cc3)co2)ccc1-c1ccccc1. The fraction of sp³-hybridized carbons (Fsp3) is 0.120. The molecule has 0 unspecified atom stereocenters. The third-order valence-corrected chi connectivity index (χ3v) is 4.77. The molecule has 4 rings (SSSR count). The zero-order valence-electron chi connectivity index (χ0n) is 15.9. The highest BCUT2D eigenvalue weighted by Crippen LogP contribution is 2.36. The van der Waals surface area contributed by atoms with Crippen LogP contribution in [0.25, 0.3) is 33.6 Å². The molecule has 0 saturated carbocycles. The molecule has 4 aromatic rings. The third kappa shape index (κ3) is 3.71. The second-order valence-corrected chi connectivity index (χ2v) is 6.61. The van der Waals surface area contributed by atoms with E-state index >= 15 is 0 Å². The van der Waals surface area contributed by atoms with Crippen LogP contribution in [0.4, 0.5) is 0 Å². The number of hydrogen-bond donors (Lipinski definition) is 1. The molecule has 1 heterocycles. The Morgan fingerprint density at radius 1 is 0.786 bits per heavy atom. The van der Waals surface area contributed by atoms with Gasteiger partial charge in [-0.2, -0.15) is 0 Å². The maximum absolute atomic E-state index is 5.92. The number of rotatable bonds is 6. The molecule has 140 valence electrons. The fourth-order valence-corrected chi connectivity index (χ4v) is 3.28. The molecular weight excluding hydrogens is 346 g/mol. The summed E-state index contributed by atoms with van der Waals surface area (Å²) in [5, 5.41) is 0. The minimum absolute atomic E-state index is 0.547. The monoisotopic (exact) mass is 369 g/mol. The average Bonchev–Trinajstić information content (AvgIpc) is 3.25. The van der Waals surface area contributed by atoms with E-state index in [1.807, 2.05) is 43.3 Å². The van der Waals surface area contributed by atoms with Crippen molar-refractivity contribution >= 4 is 0 Å². The number of furan rings is 1. The number of benzene rings is 3. The lowest BCUT2D eigenvalue weighted by atomic mass is 10.0. The summed E-state index contributed by atoms with van der Waals surface area (Å²) in [6.45, 7) is 3.16. The van der Waals surface area contributed by atoms with Gasteiger partial charge in [-0.15, -0.1) is 0 Å². The van der Waals surface area contributed by atoms with Gasteiger partial charge in [0.15, 0.2) is 0 Å². The first-order chi connectivity index (χ1) is 13.8. The Bertz CT molecular complexity index is 1050. The van der Waals surface area contributed by atoms with E-state index < -0.39 is 0 Å². The third-order valence-electron chi connectivity index (χ3n) is 4.77. The zero-order chi connectivity index (χ0) is 19.3. The Labute approximate surface area is 165 Å². The second kappa shape index (κ2) is 8.15. The highest BCUT2D eigenvalue weighted by Gasteiger charge is 2.12. The maximum atomic E-state index is 5.92. The topological polar surface area (TPSA) is 48.4 Å². The highest BCUT2D eigenvalue weighted by atomic mass is 16.5. The minimum Gasteiger partial charge on any atom is -0.493 e. The summed E-state index contributed by atoms with van der Waals surface area (Å²) < 4.78 is 11.8. The maximum Gasteiger partial charge on any atom is 0.134 e. The van der Waals surface area contributed by atoms with Crippen LogP contribution in [0.1, 0.15) is 12.5 Å². The zero-order valence-corrected chi connectivity index (χ0v) is 15.9. The molecule has 28 heavy (non-hydrogen) atoms. The molecule has 0 radical (unpaired) electrons. The predicted octanol–water partition coefficient (Wildman–Crippen LogP) is 6.14. The van der Waals surface area contributed by atoms with Crippen molar-refractivity contribution in [2.45, 2.75) is 13.5 Å². The van der Waals surface area contributed by atoms with Gasteiger partial charge in [-0.05, 0) is 41.8 Å². The molecule has 3 aromatic carbocycles. The molecule has 0 bridgehead atoms. The molecule has 0 aliphatic heterocycles. The number of ether oxygens (including phenoxy) is 1. The molecule has 0 fully saturated rings. The van der Waals surface area contributed by atoms with Gasteiger partial charge in [-0.25, -0.2) is 0 Å². The summed E-state index contributed by atoms with van der Waals surface area (Å²) in [7, 11) is 0. The van der Waals surface area contributed by atoms with Gasteiger partial charge in [0.25, 0.3) is 0 Å². The van der Waals surface area contributed by atoms with Gasteiger partial charge in [-0.1, -0.05) is 60.7 Å². The van der Waals surface area contributed by atoms with Crippen molar-refractivity contribution in [2.75, 3.05) is 6.61 Å². The van der Waals surface area contributed by atoms with Crippen LogP contribution in [0.15, 0.2) is 89.5 Å². The van der Waals surface area contributed by atoms with E-state index in [2.05, 4.69) is 42.5 Å². The van der Waals surface area contributed by atoms with Crippen LogP contribution in [0.2, 0.25) is 0 Å². The van der Waals surface area contributed by atoms with Crippen molar-refractivity contribution in [3.05, 3.63) is 90.7 Å². The smallest absolute Gasteiger partial charge is 0.134 e. The van der Waals surface area contributed by atoms with Crippen LogP contribution >= 0.6 is 0 Å². The van der Waals surface area contributed by atoms with Crippen molar-refractivity contribution in [1.82, 2.24) is 0 Å². The number of hydrogen-bond acceptors (Lipinski definition) is 3.